The summed E-state index contributed by atoms with van der Waals surface area (Å²) in [6, 6.07) is 13.0. The Kier molecular flexibility index (Phi) is 3.90. The second-order valence-electron chi connectivity index (χ2n) is 4.24. The van der Waals surface area contributed by atoms with Crippen LogP contribution in [-0.4, -0.2) is 21.0 Å². The van der Waals surface area contributed by atoms with Crippen LogP contribution in [0.2, 0.25) is 0 Å². The number of hydrogen-bond donors (Lipinski definition) is 1. The number of rotatable bonds is 3. The minimum atomic E-state index is -0.961. The van der Waals surface area contributed by atoms with Crippen molar-refractivity contribution in [2.75, 3.05) is 0 Å². The molecule has 1 N–H and O–H groups in total. The SMILES string of the molecule is O=C(O)c1cc(Sc2ncnc3ccccc23)ccc1Br. The summed E-state index contributed by atoms with van der Waals surface area (Å²) in [5, 5.41) is 10.9. The first kappa shape index (κ1) is 14.0. The highest BCUT2D eigenvalue weighted by Gasteiger charge is 2.11. The molecular weight excluding hydrogens is 352 g/mol. The summed E-state index contributed by atoms with van der Waals surface area (Å²) in [6.07, 6.45) is 1.52. The van der Waals surface area contributed by atoms with Crippen LogP contribution in [0.3, 0.4) is 0 Å². The van der Waals surface area contributed by atoms with E-state index in [-0.39, 0.29) is 5.56 Å². The smallest absolute Gasteiger partial charge is 0.336 e. The minimum absolute atomic E-state index is 0.235. The van der Waals surface area contributed by atoms with E-state index >= 15 is 0 Å². The molecule has 0 unspecified atom stereocenters. The zero-order valence-corrected chi connectivity index (χ0v) is 13.1. The number of hydrogen-bond acceptors (Lipinski definition) is 4. The largest absolute Gasteiger partial charge is 0.478 e. The topological polar surface area (TPSA) is 63.1 Å². The Morgan fingerprint density at radius 3 is 2.76 bits per heavy atom. The number of benzene rings is 2. The lowest BCUT2D eigenvalue weighted by atomic mass is 10.2. The molecule has 0 saturated heterocycles. The van der Waals surface area contributed by atoms with Gasteiger partial charge in [0.25, 0.3) is 0 Å². The van der Waals surface area contributed by atoms with Crippen LogP contribution in [0.1, 0.15) is 10.4 Å². The van der Waals surface area contributed by atoms with Crippen molar-refractivity contribution in [2.24, 2.45) is 0 Å². The van der Waals surface area contributed by atoms with Crippen LogP contribution in [-0.2, 0) is 0 Å². The van der Waals surface area contributed by atoms with E-state index in [2.05, 4.69) is 25.9 Å². The third kappa shape index (κ3) is 2.91. The monoisotopic (exact) mass is 360 g/mol. The van der Waals surface area contributed by atoms with Gasteiger partial charge in [-0.1, -0.05) is 30.0 Å². The fourth-order valence-electron chi connectivity index (χ4n) is 1.90. The normalized spacial score (nSPS) is 10.7. The third-order valence-corrected chi connectivity index (χ3v) is 4.59. The van der Waals surface area contributed by atoms with Crippen molar-refractivity contribution in [3.05, 3.63) is 58.8 Å². The van der Waals surface area contributed by atoms with Gasteiger partial charge in [0.05, 0.1) is 11.1 Å². The Hall–Kier alpha value is -1.92. The molecule has 0 atom stereocenters. The number of para-hydroxylation sites is 1. The molecule has 0 radical (unpaired) electrons. The first-order chi connectivity index (χ1) is 10.1. The Morgan fingerprint density at radius 2 is 1.95 bits per heavy atom. The fourth-order valence-corrected chi connectivity index (χ4v) is 3.24. The molecule has 0 aliphatic heterocycles. The first-order valence-electron chi connectivity index (χ1n) is 6.05. The number of aromatic nitrogens is 2. The number of nitrogens with zero attached hydrogens (tertiary/aromatic N) is 2. The van der Waals surface area contributed by atoms with Gasteiger partial charge in [-0.15, -0.1) is 0 Å². The summed E-state index contributed by atoms with van der Waals surface area (Å²) in [5.41, 5.74) is 1.10. The summed E-state index contributed by atoms with van der Waals surface area (Å²) >= 11 is 4.66. The van der Waals surface area contributed by atoms with Crippen molar-refractivity contribution >= 4 is 44.6 Å². The lowest BCUT2D eigenvalue weighted by molar-refractivity contribution is 0.0695. The highest BCUT2D eigenvalue weighted by molar-refractivity contribution is 9.10. The lowest BCUT2D eigenvalue weighted by Gasteiger charge is -2.06. The van der Waals surface area contributed by atoms with E-state index in [4.69, 9.17) is 5.11 Å². The maximum atomic E-state index is 11.2. The number of carboxylic acid groups (broad SMARTS) is 1. The van der Waals surface area contributed by atoms with E-state index in [0.717, 1.165) is 20.8 Å². The number of halogens is 1. The maximum Gasteiger partial charge on any atom is 0.336 e. The molecule has 1 heterocycles. The predicted molar refractivity (Wildman–Crippen MR) is 84.8 cm³/mol. The molecular formula is C15H9BrN2O2S. The minimum Gasteiger partial charge on any atom is -0.478 e. The standard InChI is InChI=1S/C15H9BrN2O2S/c16-12-6-5-9(7-11(12)15(19)20)21-14-10-3-1-2-4-13(10)17-8-18-14/h1-8H,(H,19,20). The number of carbonyl (C=O) groups is 1. The summed E-state index contributed by atoms with van der Waals surface area (Å²) < 4.78 is 0.562. The molecule has 0 aliphatic carbocycles. The van der Waals surface area contributed by atoms with E-state index in [1.54, 1.807) is 12.1 Å². The quantitative estimate of drug-likeness (QED) is 0.707. The summed E-state index contributed by atoms with van der Waals surface area (Å²) in [6.45, 7) is 0. The van der Waals surface area contributed by atoms with Gasteiger partial charge >= 0.3 is 5.97 Å². The van der Waals surface area contributed by atoms with Crippen molar-refractivity contribution in [1.29, 1.82) is 0 Å². The Balaban J connectivity index is 2.03. The molecule has 4 nitrogen and oxygen atoms in total. The second kappa shape index (κ2) is 5.83. The van der Waals surface area contributed by atoms with Crippen molar-refractivity contribution in [3.8, 4) is 0 Å². The molecule has 3 rings (SSSR count). The van der Waals surface area contributed by atoms with Crippen molar-refractivity contribution in [3.63, 3.8) is 0 Å². The summed E-state index contributed by atoms with van der Waals surface area (Å²) in [7, 11) is 0. The molecule has 3 aromatic rings. The summed E-state index contributed by atoms with van der Waals surface area (Å²) in [5.74, 6) is -0.961. The maximum absolute atomic E-state index is 11.2. The molecule has 6 heteroatoms. The van der Waals surface area contributed by atoms with E-state index in [0.29, 0.717) is 4.47 Å². The van der Waals surface area contributed by atoms with Gasteiger partial charge in [-0.3, -0.25) is 0 Å². The van der Waals surface area contributed by atoms with Gasteiger partial charge in [0.15, 0.2) is 0 Å². The predicted octanol–water partition coefficient (Wildman–Crippen LogP) is 4.24. The van der Waals surface area contributed by atoms with E-state index in [9.17, 15) is 4.79 Å². The van der Waals surface area contributed by atoms with Crippen LogP contribution in [0, 0.1) is 0 Å². The van der Waals surface area contributed by atoms with Gasteiger partial charge in [0.1, 0.15) is 11.4 Å². The highest BCUT2D eigenvalue weighted by Crippen LogP contribution is 2.32. The molecule has 21 heavy (non-hydrogen) atoms. The van der Waals surface area contributed by atoms with Gasteiger partial charge in [0, 0.05) is 14.8 Å². The van der Waals surface area contributed by atoms with Gasteiger partial charge in [-0.25, -0.2) is 14.8 Å². The van der Waals surface area contributed by atoms with Crippen LogP contribution < -0.4 is 0 Å². The van der Waals surface area contributed by atoms with E-state index < -0.39 is 5.97 Å². The Bertz CT molecular complexity index is 834. The van der Waals surface area contributed by atoms with Gasteiger partial charge < -0.3 is 5.11 Å². The Morgan fingerprint density at radius 1 is 1.14 bits per heavy atom. The van der Waals surface area contributed by atoms with E-state index in [1.165, 1.54) is 18.1 Å². The highest BCUT2D eigenvalue weighted by atomic mass is 79.9. The number of carboxylic acids is 1. The molecule has 0 spiro atoms. The molecule has 104 valence electrons. The van der Waals surface area contributed by atoms with Crippen LogP contribution in [0.15, 0.2) is 63.2 Å². The van der Waals surface area contributed by atoms with E-state index in [1.807, 2.05) is 30.3 Å². The molecule has 0 aliphatic rings. The van der Waals surface area contributed by atoms with Crippen LogP contribution in [0.25, 0.3) is 10.9 Å². The molecule has 1 aromatic heterocycles. The number of fused-ring (bicyclic) bond motifs is 1. The van der Waals surface area contributed by atoms with Crippen LogP contribution >= 0.6 is 27.7 Å². The average molecular weight is 361 g/mol. The van der Waals surface area contributed by atoms with Gasteiger partial charge in [-0.05, 0) is 40.2 Å². The van der Waals surface area contributed by atoms with Gasteiger partial charge in [0.2, 0.25) is 0 Å². The first-order valence-corrected chi connectivity index (χ1v) is 7.66. The summed E-state index contributed by atoms with van der Waals surface area (Å²) in [4.78, 5) is 20.5. The fraction of sp³-hybridized carbons (Fsp3) is 0. The zero-order chi connectivity index (χ0) is 14.8. The molecule has 0 saturated carbocycles. The number of aromatic carboxylic acids is 1. The molecule has 2 aromatic carbocycles. The van der Waals surface area contributed by atoms with Crippen LogP contribution in [0.4, 0.5) is 0 Å². The lowest BCUT2D eigenvalue weighted by Crippen LogP contribution is -1.97. The van der Waals surface area contributed by atoms with Crippen LogP contribution in [0.5, 0.6) is 0 Å². The zero-order valence-electron chi connectivity index (χ0n) is 10.7. The van der Waals surface area contributed by atoms with Gasteiger partial charge in [-0.2, -0.15) is 0 Å². The Labute approximate surface area is 133 Å². The second-order valence-corrected chi connectivity index (χ2v) is 6.16. The van der Waals surface area contributed by atoms with Crippen molar-refractivity contribution in [2.45, 2.75) is 9.92 Å². The molecule has 0 amide bonds. The van der Waals surface area contributed by atoms with Crippen molar-refractivity contribution < 1.29 is 9.90 Å². The molecule has 0 fully saturated rings. The third-order valence-electron chi connectivity index (χ3n) is 2.89. The average Bonchev–Trinajstić information content (AvgIpc) is 2.49. The molecule has 0 bridgehead atoms. The van der Waals surface area contributed by atoms with Crippen molar-refractivity contribution in [1.82, 2.24) is 9.97 Å².